The number of nitrogens with zero attached hydrogens (tertiary/aromatic N) is 5. The van der Waals surface area contributed by atoms with Crippen molar-refractivity contribution in [3.05, 3.63) is 36.1 Å². The molecule has 9 heteroatoms. The number of hydrogen-bond donors (Lipinski definition) is 0. The molecule has 2 aromatic rings. The Bertz CT molecular complexity index is 1050. The maximum Gasteiger partial charge on any atom is 0.410 e. The summed E-state index contributed by atoms with van der Waals surface area (Å²) in [6.07, 6.45) is 3.43. The summed E-state index contributed by atoms with van der Waals surface area (Å²) in [5, 5.41) is 9.02. The molecule has 3 atom stereocenters. The molecule has 4 rings (SSSR count). The van der Waals surface area contributed by atoms with E-state index in [2.05, 4.69) is 9.97 Å². The highest BCUT2D eigenvalue weighted by atomic mass is 16.6. The van der Waals surface area contributed by atoms with Gasteiger partial charge < -0.3 is 19.0 Å². The fourth-order valence-electron chi connectivity index (χ4n) is 4.36. The van der Waals surface area contributed by atoms with Crippen LogP contribution in [0.1, 0.15) is 50.5 Å². The predicted octanol–water partition coefficient (Wildman–Crippen LogP) is 3.08. The van der Waals surface area contributed by atoms with Gasteiger partial charge in [-0.3, -0.25) is 4.79 Å². The number of aromatic nitrogens is 2. The first-order valence-corrected chi connectivity index (χ1v) is 10.3. The van der Waals surface area contributed by atoms with Crippen LogP contribution >= 0.6 is 0 Å². The van der Waals surface area contributed by atoms with Gasteiger partial charge in [0.05, 0.1) is 12.2 Å². The molecule has 0 radical (unpaired) electrons. The van der Waals surface area contributed by atoms with E-state index >= 15 is 0 Å². The predicted molar refractivity (Wildman–Crippen MR) is 110 cm³/mol. The first-order valence-electron chi connectivity index (χ1n) is 10.3. The number of likely N-dealkylation sites (tertiary alicyclic amines) is 2. The van der Waals surface area contributed by atoms with Crippen molar-refractivity contribution in [1.29, 1.82) is 5.26 Å². The number of hydrogen-bond acceptors (Lipinski definition) is 7. The summed E-state index contributed by atoms with van der Waals surface area (Å²) >= 11 is 0. The van der Waals surface area contributed by atoms with Crippen molar-refractivity contribution in [1.82, 2.24) is 19.8 Å². The zero-order valence-corrected chi connectivity index (χ0v) is 18.0. The average molecular weight is 423 g/mol. The lowest BCUT2D eigenvalue weighted by molar-refractivity contribution is 0.0206. The second kappa shape index (κ2) is 7.69. The molecular weight excluding hydrogens is 398 g/mol. The second-order valence-electron chi connectivity index (χ2n) is 8.96. The third-order valence-corrected chi connectivity index (χ3v) is 5.83. The van der Waals surface area contributed by atoms with Crippen LogP contribution in [0, 0.1) is 17.2 Å². The van der Waals surface area contributed by atoms with Gasteiger partial charge in [0.15, 0.2) is 5.76 Å². The van der Waals surface area contributed by atoms with Gasteiger partial charge in [0.25, 0.3) is 5.89 Å². The molecule has 0 saturated carbocycles. The normalized spacial score (nSPS) is 22.9. The Labute approximate surface area is 180 Å². The standard InChI is InChI=1S/C22H25N5O4/c1-13-16-6-8-26(17(16)12-27(13)21(29)31-22(2,3)4)20(28)19-25-11-18(30-19)14-5-7-24-15(9-14)10-23/h5,7,9,11,13,16-17H,6,8,12H2,1-4H3/t13-,16-,17+/m1/s1. The van der Waals surface area contributed by atoms with Crippen molar-refractivity contribution in [3.8, 4) is 17.4 Å². The molecule has 2 amide bonds. The smallest absolute Gasteiger partial charge is 0.410 e. The highest BCUT2D eigenvalue weighted by Crippen LogP contribution is 2.38. The number of pyridine rings is 1. The fourth-order valence-corrected chi connectivity index (χ4v) is 4.36. The van der Waals surface area contributed by atoms with Crippen LogP contribution in [-0.2, 0) is 4.74 Å². The minimum atomic E-state index is -0.573. The van der Waals surface area contributed by atoms with Crippen molar-refractivity contribution >= 4 is 12.0 Å². The number of rotatable bonds is 2. The summed E-state index contributed by atoms with van der Waals surface area (Å²) in [5.41, 5.74) is 0.311. The summed E-state index contributed by atoms with van der Waals surface area (Å²) in [5.74, 6) is 0.276. The molecule has 9 nitrogen and oxygen atoms in total. The average Bonchev–Trinajstić information content (AvgIpc) is 3.43. The monoisotopic (exact) mass is 423 g/mol. The van der Waals surface area contributed by atoms with Crippen LogP contribution in [-0.4, -0.2) is 62.5 Å². The molecule has 0 aliphatic carbocycles. The molecule has 4 heterocycles. The lowest BCUT2D eigenvalue weighted by Crippen LogP contribution is -2.43. The number of carbonyl (C=O) groups is 2. The van der Waals surface area contributed by atoms with E-state index in [1.807, 2.05) is 33.8 Å². The van der Waals surface area contributed by atoms with Crippen LogP contribution in [0.15, 0.2) is 28.9 Å². The van der Waals surface area contributed by atoms with Gasteiger partial charge in [-0.2, -0.15) is 5.26 Å². The minimum absolute atomic E-state index is 0.00524. The molecule has 0 bridgehead atoms. The third-order valence-electron chi connectivity index (χ3n) is 5.83. The van der Waals surface area contributed by atoms with E-state index in [-0.39, 0.29) is 41.6 Å². The van der Waals surface area contributed by atoms with Crippen LogP contribution < -0.4 is 0 Å². The summed E-state index contributed by atoms with van der Waals surface area (Å²) in [4.78, 5) is 37.3. The van der Waals surface area contributed by atoms with E-state index in [4.69, 9.17) is 14.4 Å². The van der Waals surface area contributed by atoms with Crippen molar-refractivity contribution < 1.29 is 18.7 Å². The van der Waals surface area contributed by atoms with E-state index in [0.717, 1.165) is 6.42 Å². The zero-order valence-electron chi connectivity index (χ0n) is 18.0. The van der Waals surface area contributed by atoms with E-state index in [1.54, 1.807) is 21.9 Å². The van der Waals surface area contributed by atoms with Crippen LogP contribution in [0.2, 0.25) is 0 Å². The van der Waals surface area contributed by atoms with Gasteiger partial charge in [-0.05, 0) is 46.2 Å². The Morgan fingerprint density at radius 3 is 2.77 bits per heavy atom. The Kier molecular flexibility index (Phi) is 5.17. The lowest BCUT2D eigenvalue weighted by Gasteiger charge is -2.28. The molecule has 2 aliphatic rings. The summed E-state index contributed by atoms with van der Waals surface area (Å²) in [6.45, 7) is 8.53. The zero-order chi connectivity index (χ0) is 22.3. The molecule has 2 saturated heterocycles. The summed E-state index contributed by atoms with van der Waals surface area (Å²) in [7, 11) is 0. The molecule has 0 N–H and O–H groups in total. The molecule has 31 heavy (non-hydrogen) atoms. The van der Waals surface area contributed by atoms with Crippen LogP contribution in [0.5, 0.6) is 0 Å². The summed E-state index contributed by atoms with van der Waals surface area (Å²) < 4.78 is 11.2. The van der Waals surface area contributed by atoms with E-state index in [1.165, 1.54) is 12.4 Å². The quantitative estimate of drug-likeness (QED) is 0.729. The third kappa shape index (κ3) is 3.98. The van der Waals surface area contributed by atoms with Crippen molar-refractivity contribution in [3.63, 3.8) is 0 Å². The van der Waals surface area contributed by atoms with Gasteiger partial charge >= 0.3 is 12.0 Å². The van der Waals surface area contributed by atoms with E-state index < -0.39 is 5.60 Å². The Morgan fingerprint density at radius 2 is 2.06 bits per heavy atom. The van der Waals surface area contributed by atoms with Gasteiger partial charge in [0.2, 0.25) is 0 Å². The molecular formula is C22H25N5O4. The Hall–Kier alpha value is -3.41. The maximum absolute atomic E-state index is 13.1. The molecule has 2 fully saturated rings. The van der Waals surface area contributed by atoms with E-state index in [9.17, 15) is 9.59 Å². The first-order chi connectivity index (χ1) is 14.7. The summed E-state index contributed by atoms with van der Waals surface area (Å²) in [6, 6.07) is 5.14. The van der Waals surface area contributed by atoms with Crippen LogP contribution in [0.4, 0.5) is 4.79 Å². The Balaban J connectivity index is 1.50. The minimum Gasteiger partial charge on any atom is -0.444 e. The Morgan fingerprint density at radius 1 is 1.29 bits per heavy atom. The van der Waals surface area contributed by atoms with Crippen molar-refractivity contribution in [2.24, 2.45) is 5.92 Å². The molecule has 2 aliphatic heterocycles. The van der Waals surface area contributed by atoms with Gasteiger partial charge in [0.1, 0.15) is 17.4 Å². The van der Waals surface area contributed by atoms with Gasteiger partial charge in [-0.25, -0.2) is 14.8 Å². The maximum atomic E-state index is 13.1. The number of amides is 2. The highest BCUT2D eigenvalue weighted by molar-refractivity contribution is 5.90. The lowest BCUT2D eigenvalue weighted by atomic mass is 9.98. The molecule has 0 aromatic carbocycles. The first kappa shape index (κ1) is 20.8. The van der Waals surface area contributed by atoms with Crippen molar-refractivity contribution in [2.45, 2.75) is 51.8 Å². The van der Waals surface area contributed by atoms with Gasteiger partial charge in [0, 0.05) is 36.8 Å². The van der Waals surface area contributed by atoms with Crippen LogP contribution in [0.3, 0.4) is 0 Å². The molecule has 0 unspecified atom stereocenters. The number of nitriles is 1. The van der Waals surface area contributed by atoms with Crippen LogP contribution in [0.25, 0.3) is 11.3 Å². The number of fused-ring (bicyclic) bond motifs is 1. The molecule has 162 valence electrons. The second-order valence-corrected chi connectivity index (χ2v) is 8.96. The van der Waals surface area contributed by atoms with Gasteiger partial charge in [-0.15, -0.1) is 0 Å². The largest absolute Gasteiger partial charge is 0.444 e. The van der Waals surface area contributed by atoms with Crippen molar-refractivity contribution in [2.75, 3.05) is 13.1 Å². The number of oxazole rings is 1. The fraction of sp³-hybridized carbons (Fsp3) is 0.500. The van der Waals surface area contributed by atoms with E-state index in [0.29, 0.717) is 24.4 Å². The SMILES string of the molecule is C[C@@H]1[C@H]2CCN(C(=O)c3ncc(-c4ccnc(C#N)c4)o3)[C@H]2CN1C(=O)OC(C)(C)C. The molecule has 2 aromatic heterocycles. The highest BCUT2D eigenvalue weighted by Gasteiger charge is 2.50. The number of ether oxygens (including phenoxy) is 1. The number of carbonyl (C=O) groups excluding carboxylic acids is 2. The topological polar surface area (TPSA) is 113 Å². The van der Waals surface area contributed by atoms with Gasteiger partial charge in [-0.1, -0.05) is 0 Å². The molecule has 0 spiro atoms.